The molecule has 0 bridgehead atoms. The number of hydrogen-bond acceptors (Lipinski definition) is 5. The first-order valence-corrected chi connectivity index (χ1v) is 10.7. The Bertz CT molecular complexity index is 1320. The maximum atomic E-state index is 13.4. The van der Waals surface area contributed by atoms with Crippen molar-refractivity contribution >= 4 is 35.0 Å². The maximum absolute atomic E-state index is 13.4. The van der Waals surface area contributed by atoms with Crippen LogP contribution < -0.4 is 14.9 Å². The summed E-state index contributed by atoms with van der Waals surface area (Å²) in [7, 11) is 0. The Morgan fingerprint density at radius 1 is 1.23 bits per heavy atom. The molecule has 0 amide bonds. The summed E-state index contributed by atoms with van der Waals surface area (Å²) in [6.07, 6.45) is 1.79. The van der Waals surface area contributed by atoms with Gasteiger partial charge in [0.2, 0.25) is 0 Å². The highest BCUT2D eigenvalue weighted by molar-refractivity contribution is 7.07. The summed E-state index contributed by atoms with van der Waals surface area (Å²) >= 11 is 7.37. The zero-order chi connectivity index (χ0) is 21.3. The first-order valence-electron chi connectivity index (χ1n) is 9.49. The summed E-state index contributed by atoms with van der Waals surface area (Å²) in [4.78, 5) is 31.3. The van der Waals surface area contributed by atoms with E-state index in [0.29, 0.717) is 25.6 Å². The van der Waals surface area contributed by atoms with E-state index in [1.807, 2.05) is 42.5 Å². The van der Waals surface area contributed by atoms with Crippen LogP contribution in [0.2, 0.25) is 5.02 Å². The highest BCUT2D eigenvalue weighted by Crippen LogP contribution is 2.30. The van der Waals surface area contributed by atoms with Crippen LogP contribution in [-0.4, -0.2) is 17.1 Å². The van der Waals surface area contributed by atoms with Crippen molar-refractivity contribution in [1.29, 1.82) is 0 Å². The van der Waals surface area contributed by atoms with Gasteiger partial charge in [0.25, 0.3) is 5.56 Å². The standard InChI is InChI=1S/C23H19ClN2O3S/c1-3-29-22(28)19-14(2)25-23-26(20(19)16-9-5-4-6-10-16)21(27)18(30-23)13-15-8-7-11-17(24)12-15/h4-13,20H,3H2,1-2H3/b18-13+. The number of nitrogens with zero attached hydrogens (tertiary/aromatic N) is 2. The van der Waals surface area contributed by atoms with E-state index >= 15 is 0 Å². The molecule has 2 heterocycles. The molecular weight excluding hydrogens is 420 g/mol. The molecule has 0 aliphatic carbocycles. The van der Waals surface area contributed by atoms with Gasteiger partial charge in [-0.2, -0.15) is 0 Å². The molecule has 1 atom stereocenters. The molecule has 0 spiro atoms. The van der Waals surface area contributed by atoms with E-state index in [9.17, 15) is 9.59 Å². The van der Waals surface area contributed by atoms with Crippen molar-refractivity contribution in [3.8, 4) is 0 Å². The summed E-state index contributed by atoms with van der Waals surface area (Å²) < 4.78 is 7.38. The van der Waals surface area contributed by atoms with Gasteiger partial charge in [-0.3, -0.25) is 9.36 Å². The number of benzene rings is 2. The van der Waals surface area contributed by atoms with Gasteiger partial charge in [0.05, 0.1) is 28.5 Å². The molecule has 5 nitrogen and oxygen atoms in total. The predicted molar refractivity (Wildman–Crippen MR) is 118 cm³/mol. The lowest BCUT2D eigenvalue weighted by molar-refractivity contribution is -0.139. The Morgan fingerprint density at radius 3 is 2.70 bits per heavy atom. The lowest BCUT2D eigenvalue weighted by atomic mass is 9.96. The third-order valence-corrected chi connectivity index (χ3v) is 6.00. The molecule has 2 aromatic carbocycles. The Labute approximate surface area is 182 Å². The molecule has 0 fully saturated rings. The molecule has 4 rings (SSSR count). The minimum atomic E-state index is -0.594. The summed E-state index contributed by atoms with van der Waals surface area (Å²) in [6, 6.07) is 16.2. The van der Waals surface area contributed by atoms with Crippen molar-refractivity contribution in [2.75, 3.05) is 6.61 Å². The number of thiazole rings is 1. The van der Waals surface area contributed by atoms with E-state index in [4.69, 9.17) is 16.3 Å². The van der Waals surface area contributed by atoms with Crippen LogP contribution in [0.5, 0.6) is 0 Å². The fourth-order valence-electron chi connectivity index (χ4n) is 3.49. The molecule has 152 valence electrons. The molecule has 3 aromatic rings. The number of esters is 1. The molecule has 0 saturated carbocycles. The van der Waals surface area contributed by atoms with E-state index in [2.05, 4.69) is 4.99 Å². The highest BCUT2D eigenvalue weighted by Gasteiger charge is 2.33. The van der Waals surface area contributed by atoms with Crippen LogP contribution in [0, 0.1) is 0 Å². The molecule has 1 aliphatic heterocycles. The minimum Gasteiger partial charge on any atom is -0.463 e. The number of allylic oxidation sites excluding steroid dienone is 1. The molecule has 7 heteroatoms. The Hall–Kier alpha value is -2.96. The first-order chi connectivity index (χ1) is 14.5. The van der Waals surface area contributed by atoms with Crippen molar-refractivity contribution in [2.24, 2.45) is 4.99 Å². The van der Waals surface area contributed by atoms with Crippen molar-refractivity contribution < 1.29 is 9.53 Å². The van der Waals surface area contributed by atoms with Gasteiger partial charge in [0.15, 0.2) is 4.80 Å². The SMILES string of the molecule is CCOC(=O)C1=C(C)N=c2s/c(=C/c3cccc(Cl)c3)c(=O)n2C1c1ccccc1. The minimum absolute atomic E-state index is 0.207. The third-order valence-electron chi connectivity index (χ3n) is 4.78. The molecule has 0 N–H and O–H groups in total. The van der Waals surface area contributed by atoms with Gasteiger partial charge < -0.3 is 4.74 Å². The molecule has 0 radical (unpaired) electrons. The van der Waals surface area contributed by atoms with Crippen LogP contribution >= 0.6 is 22.9 Å². The molecular formula is C23H19ClN2O3S. The first kappa shape index (κ1) is 20.3. The van der Waals surface area contributed by atoms with Crippen LogP contribution in [0.3, 0.4) is 0 Å². The van der Waals surface area contributed by atoms with Crippen LogP contribution in [0.25, 0.3) is 6.08 Å². The number of hydrogen-bond donors (Lipinski definition) is 0. The van der Waals surface area contributed by atoms with Crippen molar-refractivity contribution in [1.82, 2.24) is 4.57 Å². The number of aromatic nitrogens is 1. The summed E-state index contributed by atoms with van der Waals surface area (Å²) in [5.41, 5.74) is 2.38. The second-order valence-corrected chi connectivity index (χ2v) is 8.21. The fraction of sp³-hybridized carbons (Fsp3) is 0.174. The highest BCUT2D eigenvalue weighted by atomic mass is 35.5. The summed E-state index contributed by atoms with van der Waals surface area (Å²) in [6.45, 7) is 3.78. The molecule has 1 aromatic heterocycles. The van der Waals surface area contributed by atoms with E-state index in [0.717, 1.165) is 11.1 Å². The number of carbonyl (C=O) groups excluding carboxylic acids is 1. The van der Waals surface area contributed by atoms with Gasteiger partial charge in [-0.15, -0.1) is 0 Å². The Balaban J connectivity index is 1.96. The number of halogens is 1. The predicted octanol–water partition coefficient (Wildman–Crippen LogP) is 3.45. The van der Waals surface area contributed by atoms with Crippen LogP contribution in [0.4, 0.5) is 0 Å². The zero-order valence-electron chi connectivity index (χ0n) is 16.5. The zero-order valence-corrected chi connectivity index (χ0v) is 18.0. The largest absolute Gasteiger partial charge is 0.463 e. The smallest absolute Gasteiger partial charge is 0.338 e. The van der Waals surface area contributed by atoms with Crippen molar-refractivity contribution in [2.45, 2.75) is 19.9 Å². The average molecular weight is 439 g/mol. The summed E-state index contributed by atoms with van der Waals surface area (Å²) in [5.74, 6) is -0.461. The van der Waals surface area contributed by atoms with Gasteiger partial charge in [-0.25, -0.2) is 9.79 Å². The normalized spacial score (nSPS) is 16.2. The fourth-order valence-corrected chi connectivity index (χ4v) is 4.74. The van der Waals surface area contributed by atoms with Crippen molar-refractivity contribution in [3.63, 3.8) is 0 Å². The number of carbonyl (C=O) groups is 1. The Morgan fingerprint density at radius 2 is 2.00 bits per heavy atom. The van der Waals surface area contributed by atoms with Gasteiger partial charge in [-0.1, -0.05) is 65.4 Å². The lowest BCUT2D eigenvalue weighted by Crippen LogP contribution is -2.39. The van der Waals surface area contributed by atoms with Crippen LogP contribution in [-0.2, 0) is 9.53 Å². The molecule has 0 saturated heterocycles. The lowest BCUT2D eigenvalue weighted by Gasteiger charge is -2.24. The number of fused-ring (bicyclic) bond motifs is 1. The van der Waals surface area contributed by atoms with E-state index in [1.165, 1.54) is 11.3 Å². The van der Waals surface area contributed by atoms with Crippen molar-refractivity contribution in [3.05, 3.63) is 102 Å². The molecule has 1 unspecified atom stereocenters. The monoisotopic (exact) mass is 438 g/mol. The number of ether oxygens (including phenoxy) is 1. The maximum Gasteiger partial charge on any atom is 0.338 e. The topological polar surface area (TPSA) is 60.7 Å². The number of rotatable bonds is 4. The summed E-state index contributed by atoms with van der Waals surface area (Å²) in [5, 5.41) is 0.596. The second kappa shape index (κ2) is 8.42. The van der Waals surface area contributed by atoms with E-state index < -0.39 is 12.0 Å². The van der Waals surface area contributed by atoms with Gasteiger partial charge in [0.1, 0.15) is 0 Å². The molecule has 30 heavy (non-hydrogen) atoms. The van der Waals surface area contributed by atoms with Crippen LogP contribution in [0.15, 0.2) is 75.7 Å². The van der Waals surface area contributed by atoms with Crippen LogP contribution in [0.1, 0.15) is 31.0 Å². The third kappa shape index (κ3) is 3.76. The van der Waals surface area contributed by atoms with E-state index in [-0.39, 0.29) is 12.2 Å². The van der Waals surface area contributed by atoms with Gasteiger partial charge >= 0.3 is 5.97 Å². The molecule has 1 aliphatic rings. The van der Waals surface area contributed by atoms with E-state index in [1.54, 1.807) is 36.6 Å². The van der Waals surface area contributed by atoms with Gasteiger partial charge in [0, 0.05) is 5.02 Å². The quantitative estimate of drug-likeness (QED) is 0.586. The van der Waals surface area contributed by atoms with Gasteiger partial charge in [-0.05, 0) is 43.2 Å². The Kier molecular flexibility index (Phi) is 5.70. The average Bonchev–Trinajstić information content (AvgIpc) is 3.02. The second-order valence-electron chi connectivity index (χ2n) is 6.77.